The molecule has 27 heavy (non-hydrogen) atoms. The molecule has 0 aliphatic carbocycles. The van der Waals surface area contributed by atoms with Crippen LogP contribution in [0.1, 0.15) is 28.1 Å². The Morgan fingerprint density at radius 3 is 2.56 bits per heavy atom. The maximum atomic E-state index is 9.74. The molecule has 0 amide bonds. The van der Waals surface area contributed by atoms with Crippen molar-refractivity contribution in [3.63, 3.8) is 0 Å². The fourth-order valence-electron chi connectivity index (χ4n) is 3.16. The van der Waals surface area contributed by atoms with Crippen molar-refractivity contribution in [2.75, 3.05) is 5.73 Å². The fourth-order valence-corrected chi connectivity index (χ4v) is 3.16. The first-order valence-electron chi connectivity index (χ1n) is 8.72. The molecule has 0 spiro atoms. The lowest BCUT2D eigenvalue weighted by Crippen LogP contribution is -2.07. The molecule has 0 saturated carbocycles. The van der Waals surface area contributed by atoms with E-state index in [0.29, 0.717) is 18.8 Å². The Morgan fingerprint density at radius 2 is 1.81 bits per heavy atom. The number of nitrogens with zero attached hydrogens (tertiary/aromatic N) is 3. The van der Waals surface area contributed by atoms with Gasteiger partial charge in [-0.2, -0.15) is 0 Å². The third-order valence-corrected chi connectivity index (χ3v) is 4.54. The van der Waals surface area contributed by atoms with E-state index in [4.69, 9.17) is 10.3 Å². The third kappa shape index (κ3) is 3.84. The SMILES string of the molecule is Nc1nocc1Cc1c(Cc2ccccc2)ncn1Cc1cccc(O)c1. The Morgan fingerprint density at radius 1 is 1.00 bits per heavy atom. The highest BCUT2D eigenvalue weighted by molar-refractivity contribution is 5.40. The van der Waals surface area contributed by atoms with Gasteiger partial charge in [-0.3, -0.25) is 0 Å². The summed E-state index contributed by atoms with van der Waals surface area (Å²) in [4.78, 5) is 4.65. The van der Waals surface area contributed by atoms with Crippen LogP contribution in [-0.4, -0.2) is 19.8 Å². The van der Waals surface area contributed by atoms with Crippen LogP contribution in [-0.2, 0) is 19.4 Å². The van der Waals surface area contributed by atoms with Gasteiger partial charge in [0, 0.05) is 30.6 Å². The largest absolute Gasteiger partial charge is 0.508 e. The second-order valence-corrected chi connectivity index (χ2v) is 6.50. The number of aromatic nitrogens is 3. The highest BCUT2D eigenvalue weighted by atomic mass is 16.5. The molecule has 0 saturated heterocycles. The summed E-state index contributed by atoms with van der Waals surface area (Å²) in [6, 6.07) is 17.5. The summed E-state index contributed by atoms with van der Waals surface area (Å²) >= 11 is 0. The van der Waals surface area contributed by atoms with Crippen molar-refractivity contribution in [3.8, 4) is 5.75 Å². The van der Waals surface area contributed by atoms with Crippen molar-refractivity contribution in [2.45, 2.75) is 19.4 Å². The zero-order valence-electron chi connectivity index (χ0n) is 14.7. The van der Waals surface area contributed by atoms with Crippen LogP contribution >= 0.6 is 0 Å². The van der Waals surface area contributed by atoms with E-state index < -0.39 is 0 Å². The van der Waals surface area contributed by atoms with Crippen molar-refractivity contribution >= 4 is 5.82 Å². The van der Waals surface area contributed by atoms with Gasteiger partial charge in [-0.15, -0.1) is 0 Å². The molecule has 0 fully saturated rings. The van der Waals surface area contributed by atoms with Crippen molar-refractivity contribution in [3.05, 3.63) is 95.3 Å². The van der Waals surface area contributed by atoms with Crippen LogP contribution < -0.4 is 5.73 Å². The second kappa shape index (κ2) is 7.37. The molecular weight excluding hydrogens is 340 g/mol. The monoisotopic (exact) mass is 360 g/mol. The summed E-state index contributed by atoms with van der Waals surface area (Å²) in [6.07, 6.45) is 4.72. The molecule has 0 unspecified atom stereocenters. The van der Waals surface area contributed by atoms with Gasteiger partial charge in [0.05, 0.1) is 12.0 Å². The highest BCUT2D eigenvalue weighted by Crippen LogP contribution is 2.22. The lowest BCUT2D eigenvalue weighted by atomic mass is 10.0. The Balaban J connectivity index is 1.68. The maximum Gasteiger partial charge on any atom is 0.170 e. The Bertz CT molecular complexity index is 1040. The molecule has 4 aromatic rings. The van der Waals surface area contributed by atoms with Gasteiger partial charge in [0.1, 0.15) is 12.0 Å². The number of benzene rings is 2. The minimum atomic E-state index is 0.252. The maximum absolute atomic E-state index is 9.74. The predicted octanol–water partition coefficient (Wildman–Crippen LogP) is 3.39. The van der Waals surface area contributed by atoms with E-state index in [1.54, 1.807) is 18.4 Å². The van der Waals surface area contributed by atoms with Crippen molar-refractivity contribution < 1.29 is 9.63 Å². The van der Waals surface area contributed by atoms with E-state index in [-0.39, 0.29) is 5.75 Å². The zero-order chi connectivity index (χ0) is 18.6. The van der Waals surface area contributed by atoms with Gasteiger partial charge in [-0.1, -0.05) is 47.6 Å². The van der Waals surface area contributed by atoms with E-state index in [1.165, 1.54) is 5.56 Å². The lowest BCUT2D eigenvalue weighted by molar-refractivity contribution is 0.422. The van der Waals surface area contributed by atoms with Gasteiger partial charge < -0.3 is 19.9 Å². The van der Waals surface area contributed by atoms with Gasteiger partial charge >= 0.3 is 0 Å². The van der Waals surface area contributed by atoms with Crippen LogP contribution in [0.2, 0.25) is 0 Å². The summed E-state index contributed by atoms with van der Waals surface area (Å²) in [5.74, 6) is 0.646. The van der Waals surface area contributed by atoms with Crippen LogP contribution in [0.5, 0.6) is 5.75 Å². The number of hydrogen-bond acceptors (Lipinski definition) is 5. The molecule has 0 aliphatic heterocycles. The Labute approximate surface area is 156 Å². The lowest BCUT2D eigenvalue weighted by Gasteiger charge is -2.10. The number of rotatable bonds is 6. The van der Waals surface area contributed by atoms with Crippen LogP contribution in [0, 0.1) is 0 Å². The Hall–Kier alpha value is -3.54. The average molecular weight is 360 g/mol. The number of hydrogen-bond donors (Lipinski definition) is 2. The third-order valence-electron chi connectivity index (χ3n) is 4.54. The van der Waals surface area contributed by atoms with E-state index in [9.17, 15) is 5.11 Å². The number of anilines is 1. The first-order valence-corrected chi connectivity index (χ1v) is 8.72. The second-order valence-electron chi connectivity index (χ2n) is 6.50. The molecule has 2 heterocycles. The van der Waals surface area contributed by atoms with E-state index in [1.807, 2.05) is 36.7 Å². The fraction of sp³-hybridized carbons (Fsp3) is 0.143. The number of imidazole rings is 1. The van der Waals surface area contributed by atoms with E-state index >= 15 is 0 Å². The minimum Gasteiger partial charge on any atom is -0.508 e. The number of phenolic OH excluding ortho intramolecular Hbond substituents is 1. The summed E-state index contributed by atoms with van der Waals surface area (Å²) < 4.78 is 7.07. The van der Waals surface area contributed by atoms with Gasteiger partial charge in [0.15, 0.2) is 5.82 Å². The van der Waals surface area contributed by atoms with Crippen molar-refractivity contribution in [1.29, 1.82) is 0 Å². The average Bonchev–Trinajstić information content (AvgIpc) is 3.24. The zero-order valence-corrected chi connectivity index (χ0v) is 14.7. The Kier molecular flexibility index (Phi) is 4.61. The molecule has 2 aromatic carbocycles. The molecule has 0 bridgehead atoms. The molecule has 6 nitrogen and oxygen atoms in total. The quantitative estimate of drug-likeness (QED) is 0.550. The van der Waals surface area contributed by atoms with E-state index in [2.05, 4.69) is 26.8 Å². The first kappa shape index (κ1) is 16.9. The number of nitrogens with two attached hydrogens (primary N) is 1. The molecule has 0 aliphatic rings. The van der Waals surface area contributed by atoms with Crippen LogP contribution in [0.15, 0.2) is 71.7 Å². The summed E-state index contributed by atoms with van der Waals surface area (Å²) in [5, 5.41) is 13.5. The molecule has 6 heteroatoms. The smallest absolute Gasteiger partial charge is 0.170 e. The summed E-state index contributed by atoms with van der Waals surface area (Å²) in [7, 11) is 0. The topological polar surface area (TPSA) is 90.1 Å². The van der Waals surface area contributed by atoms with Gasteiger partial charge in [-0.25, -0.2) is 4.98 Å². The number of nitrogen functional groups attached to an aromatic ring is 1. The number of phenols is 1. The highest BCUT2D eigenvalue weighted by Gasteiger charge is 2.16. The van der Waals surface area contributed by atoms with Gasteiger partial charge in [0.25, 0.3) is 0 Å². The predicted molar refractivity (Wildman–Crippen MR) is 102 cm³/mol. The molecule has 4 rings (SSSR count). The van der Waals surface area contributed by atoms with Crippen LogP contribution in [0.25, 0.3) is 0 Å². The standard InChI is InChI=1S/C21H20N4O2/c22-21-17(13-27-24-21)11-20-19(10-15-5-2-1-3-6-15)23-14-25(20)12-16-7-4-8-18(26)9-16/h1-9,13-14,26H,10-12H2,(H2,22,24). The van der Waals surface area contributed by atoms with E-state index in [0.717, 1.165) is 28.9 Å². The molecular formula is C21H20N4O2. The van der Waals surface area contributed by atoms with Crippen LogP contribution in [0.3, 0.4) is 0 Å². The minimum absolute atomic E-state index is 0.252. The van der Waals surface area contributed by atoms with Crippen molar-refractivity contribution in [1.82, 2.24) is 14.7 Å². The molecule has 2 aromatic heterocycles. The molecule has 0 atom stereocenters. The molecule has 3 N–H and O–H groups in total. The normalized spacial score (nSPS) is 11.0. The van der Waals surface area contributed by atoms with Gasteiger partial charge in [0.2, 0.25) is 0 Å². The summed E-state index contributed by atoms with van der Waals surface area (Å²) in [5.41, 5.74) is 11.0. The van der Waals surface area contributed by atoms with Crippen LogP contribution in [0.4, 0.5) is 5.82 Å². The number of aromatic hydroxyl groups is 1. The van der Waals surface area contributed by atoms with Gasteiger partial charge in [-0.05, 0) is 23.3 Å². The first-order chi connectivity index (χ1) is 13.2. The van der Waals surface area contributed by atoms with Crippen molar-refractivity contribution in [2.24, 2.45) is 0 Å². The molecule has 0 radical (unpaired) electrons. The summed E-state index contributed by atoms with van der Waals surface area (Å²) in [6.45, 7) is 0.608. The molecule has 136 valence electrons.